The summed E-state index contributed by atoms with van der Waals surface area (Å²) in [6.45, 7) is 4.10. The number of piperidine rings is 1. The lowest BCUT2D eigenvalue weighted by Crippen LogP contribution is -2.49. The van der Waals surface area contributed by atoms with Crippen LogP contribution < -0.4 is 10.2 Å². The van der Waals surface area contributed by atoms with E-state index in [9.17, 15) is 18.0 Å². The number of alkyl halides is 3. The van der Waals surface area contributed by atoms with Gasteiger partial charge in [0.15, 0.2) is 0 Å². The molecule has 1 saturated carbocycles. The molecule has 2 aromatic heterocycles. The van der Waals surface area contributed by atoms with Crippen molar-refractivity contribution < 1.29 is 18.0 Å². The SMILES string of the molecule is O=C([C@@H]1CC2(CC2)CN1)N1CC[C@H]2CN(c3ncnc4sc(CC(F)(F)F)cc34)C[C@H]2C1. The van der Waals surface area contributed by atoms with Crippen molar-refractivity contribution in [1.29, 1.82) is 0 Å². The van der Waals surface area contributed by atoms with E-state index in [0.717, 1.165) is 62.7 Å². The van der Waals surface area contributed by atoms with Crippen molar-refractivity contribution in [2.75, 3.05) is 37.6 Å². The fourth-order valence-corrected chi connectivity index (χ4v) is 6.86. The number of hydrogen-bond acceptors (Lipinski definition) is 6. The van der Waals surface area contributed by atoms with Crippen LogP contribution in [0.4, 0.5) is 19.0 Å². The number of aromatic nitrogens is 2. The minimum atomic E-state index is -4.24. The number of carbonyl (C=O) groups excluding carboxylic acids is 1. The Balaban J connectivity index is 1.16. The molecule has 0 unspecified atom stereocenters. The highest BCUT2D eigenvalue weighted by molar-refractivity contribution is 7.18. The number of hydrogen-bond donors (Lipinski definition) is 1. The molecule has 3 aliphatic heterocycles. The summed E-state index contributed by atoms with van der Waals surface area (Å²) in [5.41, 5.74) is 0.396. The zero-order chi connectivity index (χ0) is 22.1. The fraction of sp³-hybridized carbons (Fsp3) is 0.682. The maximum Gasteiger partial charge on any atom is 0.393 e. The van der Waals surface area contributed by atoms with Crippen LogP contribution in [-0.4, -0.2) is 65.7 Å². The van der Waals surface area contributed by atoms with Gasteiger partial charge in [-0.15, -0.1) is 11.3 Å². The number of halogens is 3. The van der Waals surface area contributed by atoms with E-state index in [-0.39, 0.29) is 16.8 Å². The van der Waals surface area contributed by atoms with Gasteiger partial charge in [0.1, 0.15) is 17.0 Å². The highest BCUT2D eigenvalue weighted by atomic mass is 32.1. The van der Waals surface area contributed by atoms with Gasteiger partial charge in [0.05, 0.1) is 17.8 Å². The van der Waals surface area contributed by atoms with E-state index in [2.05, 4.69) is 20.2 Å². The Morgan fingerprint density at radius 2 is 2.03 bits per heavy atom. The number of nitrogens with one attached hydrogen (secondary N) is 1. The Morgan fingerprint density at radius 1 is 1.22 bits per heavy atom. The molecule has 0 bridgehead atoms. The van der Waals surface area contributed by atoms with Crippen LogP contribution in [0.1, 0.15) is 30.6 Å². The molecule has 1 amide bonds. The van der Waals surface area contributed by atoms with Crippen molar-refractivity contribution in [3.05, 3.63) is 17.3 Å². The Bertz CT molecular complexity index is 1050. The fourth-order valence-electron chi connectivity index (χ4n) is 5.84. The van der Waals surface area contributed by atoms with Crippen molar-refractivity contribution in [2.24, 2.45) is 17.3 Å². The zero-order valence-electron chi connectivity index (χ0n) is 17.7. The molecule has 32 heavy (non-hydrogen) atoms. The third kappa shape index (κ3) is 3.75. The number of amides is 1. The molecule has 2 aromatic rings. The molecule has 4 fully saturated rings. The first kappa shape index (κ1) is 20.7. The van der Waals surface area contributed by atoms with Crippen molar-refractivity contribution in [3.63, 3.8) is 0 Å². The molecular weight excluding hydrogens is 439 g/mol. The topological polar surface area (TPSA) is 61.4 Å². The highest BCUT2D eigenvalue weighted by Gasteiger charge is 2.51. The Morgan fingerprint density at radius 3 is 2.78 bits per heavy atom. The number of nitrogens with zero attached hydrogens (tertiary/aromatic N) is 4. The van der Waals surface area contributed by atoms with Crippen LogP contribution >= 0.6 is 11.3 Å². The van der Waals surface area contributed by atoms with Gasteiger partial charge in [0.2, 0.25) is 5.91 Å². The van der Waals surface area contributed by atoms with E-state index in [1.165, 1.54) is 19.2 Å². The first-order valence-electron chi connectivity index (χ1n) is 11.4. The van der Waals surface area contributed by atoms with E-state index >= 15 is 0 Å². The van der Waals surface area contributed by atoms with Gasteiger partial charge in [-0.2, -0.15) is 13.2 Å². The second-order valence-electron chi connectivity index (χ2n) is 10.1. The first-order valence-corrected chi connectivity index (χ1v) is 12.2. The lowest BCUT2D eigenvalue weighted by Gasteiger charge is -2.35. The largest absolute Gasteiger partial charge is 0.393 e. The summed E-state index contributed by atoms with van der Waals surface area (Å²) in [6, 6.07) is 1.56. The smallest absolute Gasteiger partial charge is 0.355 e. The van der Waals surface area contributed by atoms with Gasteiger partial charge in [-0.1, -0.05) is 0 Å². The minimum Gasteiger partial charge on any atom is -0.355 e. The number of fused-ring (bicyclic) bond motifs is 2. The van der Waals surface area contributed by atoms with Crippen LogP contribution in [0.5, 0.6) is 0 Å². The molecule has 1 spiro atoms. The van der Waals surface area contributed by atoms with Gasteiger partial charge < -0.3 is 15.1 Å². The van der Waals surface area contributed by atoms with Gasteiger partial charge in [-0.25, -0.2) is 9.97 Å². The molecule has 1 N–H and O–H groups in total. The molecule has 5 heterocycles. The van der Waals surface area contributed by atoms with Crippen LogP contribution in [0.3, 0.4) is 0 Å². The number of rotatable bonds is 3. The second-order valence-corrected chi connectivity index (χ2v) is 11.2. The van der Waals surface area contributed by atoms with Crippen molar-refractivity contribution >= 4 is 33.3 Å². The molecule has 0 aromatic carbocycles. The Hall–Kier alpha value is -1.94. The predicted molar refractivity (Wildman–Crippen MR) is 116 cm³/mol. The maximum absolute atomic E-state index is 13.1. The summed E-state index contributed by atoms with van der Waals surface area (Å²) in [5, 5.41) is 4.14. The molecule has 3 saturated heterocycles. The van der Waals surface area contributed by atoms with Gasteiger partial charge in [-0.3, -0.25) is 4.79 Å². The van der Waals surface area contributed by atoms with Crippen molar-refractivity contribution in [3.8, 4) is 0 Å². The second kappa shape index (κ2) is 7.28. The molecule has 10 heteroatoms. The van der Waals surface area contributed by atoms with Gasteiger partial charge >= 0.3 is 6.18 Å². The predicted octanol–water partition coefficient (Wildman–Crippen LogP) is 3.22. The molecule has 0 radical (unpaired) electrons. The third-order valence-corrected chi connectivity index (χ3v) is 8.81. The van der Waals surface area contributed by atoms with Crippen LogP contribution in [0.15, 0.2) is 12.4 Å². The number of anilines is 1. The van der Waals surface area contributed by atoms with Crippen LogP contribution in [0, 0.1) is 17.3 Å². The van der Waals surface area contributed by atoms with Gasteiger partial charge in [0, 0.05) is 37.6 Å². The monoisotopic (exact) mass is 465 g/mol. The lowest BCUT2D eigenvalue weighted by atomic mass is 9.88. The van der Waals surface area contributed by atoms with E-state index in [1.54, 1.807) is 6.07 Å². The van der Waals surface area contributed by atoms with Crippen LogP contribution in [0.2, 0.25) is 0 Å². The number of likely N-dealkylation sites (tertiary alicyclic amines) is 1. The third-order valence-electron chi connectivity index (χ3n) is 7.76. The van der Waals surface area contributed by atoms with Crippen LogP contribution in [-0.2, 0) is 11.2 Å². The molecule has 4 aliphatic rings. The summed E-state index contributed by atoms with van der Waals surface area (Å²) in [6.07, 6.45) is 0.686. The summed E-state index contributed by atoms with van der Waals surface area (Å²) in [5.74, 6) is 1.80. The number of thiophene rings is 1. The standard InChI is InChI=1S/C22H26F3N5OS/c23-22(24,25)6-15-5-16-18(27-12-28-19(16)32-15)30-8-13-1-4-29(9-14(13)10-30)20(31)17-7-21(2-3-21)11-26-17/h5,12-14,17,26H,1-4,6-11H2/t13-,14+,17-/m0/s1. The van der Waals surface area contributed by atoms with Gasteiger partial charge in [0.25, 0.3) is 0 Å². The van der Waals surface area contributed by atoms with Gasteiger partial charge in [-0.05, 0) is 49.0 Å². The van der Waals surface area contributed by atoms with Crippen LogP contribution in [0.25, 0.3) is 10.2 Å². The summed E-state index contributed by atoms with van der Waals surface area (Å²) in [7, 11) is 0. The summed E-state index contributed by atoms with van der Waals surface area (Å²) >= 11 is 1.09. The molecule has 3 atom stereocenters. The van der Waals surface area contributed by atoms with E-state index < -0.39 is 12.6 Å². The normalized spacial score (nSPS) is 29.2. The molecule has 172 valence electrons. The van der Waals surface area contributed by atoms with E-state index in [4.69, 9.17) is 0 Å². The Kier molecular flexibility index (Phi) is 4.70. The Labute approximate surface area is 188 Å². The maximum atomic E-state index is 13.1. The summed E-state index contributed by atoms with van der Waals surface area (Å²) in [4.78, 5) is 26.8. The quantitative estimate of drug-likeness (QED) is 0.754. The molecule has 6 nitrogen and oxygen atoms in total. The van der Waals surface area contributed by atoms with E-state index in [1.807, 2.05) is 4.90 Å². The molecular formula is C22H26F3N5OS. The molecule has 6 rings (SSSR count). The van der Waals surface area contributed by atoms with Crippen molar-refractivity contribution in [2.45, 2.75) is 44.3 Å². The van der Waals surface area contributed by atoms with Crippen molar-refractivity contribution in [1.82, 2.24) is 20.2 Å². The number of carbonyl (C=O) groups is 1. The summed E-state index contributed by atoms with van der Waals surface area (Å²) < 4.78 is 38.6. The lowest BCUT2D eigenvalue weighted by molar-refractivity contribution is -0.135. The average molecular weight is 466 g/mol. The molecule has 1 aliphatic carbocycles. The van der Waals surface area contributed by atoms with E-state index in [0.29, 0.717) is 27.5 Å². The minimum absolute atomic E-state index is 0.0362. The zero-order valence-corrected chi connectivity index (χ0v) is 18.5. The first-order chi connectivity index (χ1) is 15.3. The average Bonchev–Trinajstić information content (AvgIpc) is 3.07. The highest BCUT2D eigenvalue weighted by Crippen LogP contribution is 2.52.